The van der Waals surface area contributed by atoms with Gasteiger partial charge in [0.2, 0.25) is 17.6 Å². The van der Waals surface area contributed by atoms with E-state index < -0.39 is 6.04 Å². The van der Waals surface area contributed by atoms with E-state index in [1.54, 1.807) is 12.0 Å². The largest absolute Gasteiger partial charge is 0.496 e. The summed E-state index contributed by atoms with van der Waals surface area (Å²) < 4.78 is 5.76. The number of aryl methyl sites for hydroxylation is 1. The number of nitrogens with zero attached hydrogens (tertiary/aromatic N) is 4. The van der Waals surface area contributed by atoms with Crippen molar-refractivity contribution in [2.24, 2.45) is 5.92 Å². The fraction of sp³-hybridized carbons (Fsp3) is 0.321. The first-order valence-electron chi connectivity index (χ1n) is 12.5. The standard InChI is InChI=1S/C28H30N6O3/c1-4-17(2)27(35)29-23-14-12-18-8-5-6-11-24(18)34(28(23)36)16-22-19-9-7-10-21(26-30-32-33-31-26)20(19)13-15-25(22)37-3/h5-11,13,15,17,23H,4,12,14,16H2,1-3H3,(H,29,35)(H,30,31,32,33)/t17-,23+/m1/s1. The number of aromatic nitrogens is 4. The van der Waals surface area contributed by atoms with Gasteiger partial charge in [-0.2, -0.15) is 5.21 Å². The molecule has 0 radical (unpaired) electrons. The smallest absolute Gasteiger partial charge is 0.249 e. The van der Waals surface area contributed by atoms with Crippen LogP contribution in [0.2, 0.25) is 0 Å². The zero-order chi connectivity index (χ0) is 25.9. The molecular formula is C28H30N6O3. The van der Waals surface area contributed by atoms with E-state index in [1.165, 1.54) is 0 Å². The van der Waals surface area contributed by atoms with Gasteiger partial charge in [-0.25, -0.2) is 0 Å². The molecule has 2 atom stereocenters. The van der Waals surface area contributed by atoms with Gasteiger partial charge in [0.25, 0.3) is 0 Å². The third kappa shape index (κ3) is 4.64. The highest BCUT2D eigenvalue weighted by Crippen LogP contribution is 2.36. The van der Waals surface area contributed by atoms with Crippen LogP contribution in [0.25, 0.3) is 22.2 Å². The molecule has 4 aromatic rings. The summed E-state index contributed by atoms with van der Waals surface area (Å²) in [6.07, 6.45) is 1.95. The Labute approximate surface area is 215 Å². The van der Waals surface area contributed by atoms with Crippen LogP contribution in [0.15, 0.2) is 54.6 Å². The Morgan fingerprint density at radius 2 is 2.00 bits per heavy atom. The summed E-state index contributed by atoms with van der Waals surface area (Å²) in [6.45, 7) is 4.13. The lowest BCUT2D eigenvalue weighted by atomic mass is 9.98. The lowest BCUT2D eigenvalue weighted by Gasteiger charge is -2.28. The number of benzene rings is 3. The van der Waals surface area contributed by atoms with Crippen LogP contribution in [0.5, 0.6) is 5.75 Å². The fourth-order valence-corrected chi connectivity index (χ4v) is 4.90. The number of hydrogen-bond acceptors (Lipinski definition) is 6. The molecule has 3 aromatic carbocycles. The van der Waals surface area contributed by atoms with E-state index in [9.17, 15) is 9.59 Å². The molecule has 2 N–H and O–H groups in total. The number of tetrazole rings is 1. The van der Waals surface area contributed by atoms with Crippen LogP contribution in [0.1, 0.15) is 37.8 Å². The number of aromatic amines is 1. The molecule has 0 spiro atoms. The molecule has 0 bridgehead atoms. The Hall–Kier alpha value is -4.27. The van der Waals surface area contributed by atoms with E-state index in [0.717, 1.165) is 33.2 Å². The van der Waals surface area contributed by atoms with Gasteiger partial charge in [-0.1, -0.05) is 50.2 Å². The monoisotopic (exact) mass is 498 g/mol. The quantitative estimate of drug-likeness (QED) is 0.398. The summed E-state index contributed by atoms with van der Waals surface area (Å²) in [5.74, 6) is 0.779. The minimum Gasteiger partial charge on any atom is -0.496 e. The van der Waals surface area contributed by atoms with Crippen molar-refractivity contribution < 1.29 is 14.3 Å². The van der Waals surface area contributed by atoms with E-state index in [4.69, 9.17) is 4.74 Å². The SMILES string of the molecule is CC[C@@H](C)C(=O)N[C@H]1CCc2ccccc2N(Cc2c(OC)ccc3c(-c4nn[nH]n4)cccc23)C1=O. The van der Waals surface area contributed by atoms with E-state index >= 15 is 0 Å². The zero-order valence-electron chi connectivity index (χ0n) is 21.2. The molecule has 9 heteroatoms. The summed E-state index contributed by atoms with van der Waals surface area (Å²) in [4.78, 5) is 28.5. The van der Waals surface area contributed by atoms with Gasteiger partial charge in [0.15, 0.2) is 0 Å². The number of methoxy groups -OCH3 is 1. The molecule has 2 amide bonds. The average molecular weight is 499 g/mol. The number of carbonyl (C=O) groups excluding carboxylic acids is 2. The van der Waals surface area contributed by atoms with Crippen molar-refractivity contribution in [2.45, 2.75) is 45.7 Å². The number of H-pyrrole nitrogens is 1. The summed E-state index contributed by atoms with van der Waals surface area (Å²) >= 11 is 0. The second-order valence-corrected chi connectivity index (χ2v) is 9.34. The van der Waals surface area contributed by atoms with Crippen molar-refractivity contribution >= 4 is 28.3 Å². The molecule has 2 heterocycles. The highest BCUT2D eigenvalue weighted by molar-refractivity contribution is 6.02. The predicted octanol–water partition coefficient (Wildman–Crippen LogP) is 4.04. The summed E-state index contributed by atoms with van der Waals surface area (Å²) in [5.41, 5.74) is 3.61. The Kier molecular flexibility index (Phi) is 6.85. The third-order valence-corrected chi connectivity index (χ3v) is 7.18. The normalized spacial score (nSPS) is 16.2. The van der Waals surface area contributed by atoms with Gasteiger partial charge < -0.3 is 15.0 Å². The maximum atomic E-state index is 14.0. The number of ether oxygens (including phenoxy) is 1. The first-order valence-corrected chi connectivity index (χ1v) is 12.5. The van der Waals surface area contributed by atoms with Crippen LogP contribution in [-0.2, 0) is 22.6 Å². The number of amides is 2. The number of fused-ring (bicyclic) bond motifs is 2. The van der Waals surface area contributed by atoms with Crippen LogP contribution in [0, 0.1) is 5.92 Å². The van der Waals surface area contributed by atoms with Crippen LogP contribution >= 0.6 is 0 Å². The predicted molar refractivity (Wildman–Crippen MR) is 141 cm³/mol. The number of nitrogens with one attached hydrogen (secondary N) is 2. The number of rotatable bonds is 7. The van der Waals surface area contributed by atoms with Crippen molar-refractivity contribution in [3.05, 3.63) is 65.7 Å². The van der Waals surface area contributed by atoms with Crippen molar-refractivity contribution in [3.63, 3.8) is 0 Å². The van der Waals surface area contributed by atoms with Crippen molar-refractivity contribution in [2.75, 3.05) is 12.0 Å². The maximum Gasteiger partial charge on any atom is 0.249 e. The van der Waals surface area contributed by atoms with Crippen molar-refractivity contribution in [1.82, 2.24) is 25.9 Å². The lowest BCUT2D eigenvalue weighted by Crippen LogP contribution is -2.49. The molecule has 0 saturated heterocycles. The molecule has 0 fully saturated rings. The van der Waals surface area contributed by atoms with Crippen LogP contribution in [0.3, 0.4) is 0 Å². The average Bonchev–Trinajstić information content (AvgIpc) is 3.43. The second kappa shape index (κ2) is 10.4. The number of anilines is 1. The van der Waals surface area contributed by atoms with Gasteiger partial charge >= 0.3 is 0 Å². The molecule has 1 aromatic heterocycles. The number of para-hydroxylation sites is 1. The molecule has 9 nitrogen and oxygen atoms in total. The molecule has 190 valence electrons. The first-order chi connectivity index (χ1) is 18.0. The molecule has 0 saturated carbocycles. The van der Waals surface area contributed by atoms with Gasteiger partial charge in [-0.05, 0) is 59.0 Å². The van der Waals surface area contributed by atoms with E-state index in [0.29, 0.717) is 30.8 Å². The minimum absolute atomic E-state index is 0.0979. The Balaban J connectivity index is 1.60. The number of hydrogen-bond donors (Lipinski definition) is 2. The molecule has 5 rings (SSSR count). The van der Waals surface area contributed by atoms with Gasteiger partial charge in [-0.3, -0.25) is 9.59 Å². The van der Waals surface area contributed by atoms with Crippen molar-refractivity contribution in [3.8, 4) is 17.1 Å². The van der Waals surface area contributed by atoms with Gasteiger partial charge in [-0.15, -0.1) is 10.2 Å². The number of carbonyl (C=O) groups is 2. The van der Waals surface area contributed by atoms with Gasteiger partial charge in [0, 0.05) is 22.7 Å². The minimum atomic E-state index is -0.607. The topological polar surface area (TPSA) is 113 Å². The molecular weight excluding hydrogens is 468 g/mol. The molecule has 0 unspecified atom stereocenters. The van der Waals surface area contributed by atoms with Crippen LogP contribution < -0.4 is 15.0 Å². The lowest BCUT2D eigenvalue weighted by molar-refractivity contribution is -0.129. The van der Waals surface area contributed by atoms with Gasteiger partial charge in [0.1, 0.15) is 11.8 Å². The molecule has 1 aliphatic rings. The summed E-state index contributed by atoms with van der Waals surface area (Å²) in [5, 5.41) is 19.4. The van der Waals surface area contributed by atoms with Crippen LogP contribution in [0.4, 0.5) is 5.69 Å². The molecule has 37 heavy (non-hydrogen) atoms. The second-order valence-electron chi connectivity index (χ2n) is 9.34. The molecule has 1 aliphatic heterocycles. The Morgan fingerprint density at radius 3 is 2.76 bits per heavy atom. The highest BCUT2D eigenvalue weighted by Gasteiger charge is 2.33. The molecule has 0 aliphatic carbocycles. The van der Waals surface area contributed by atoms with E-state index in [2.05, 4.69) is 25.9 Å². The fourth-order valence-electron chi connectivity index (χ4n) is 4.90. The van der Waals surface area contributed by atoms with Crippen LogP contribution in [-0.4, -0.2) is 45.6 Å². The highest BCUT2D eigenvalue weighted by atomic mass is 16.5. The Bertz CT molecular complexity index is 1440. The first kappa shape index (κ1) is 24.4. The maximum absolute atomic E-state index is 14.0. The van der Waals surface area contributed by atoms with E-state index in [1.807, 2.05) is 68.4 Å². The van der Waals surface area contributed by atoms with Crippen molar-refractivity contribution in [1.29, 1.82) is 0 Å². The third-order valence-electron chi connectivity index (χ3n) is 7.18. The van der Waals surface area contributed by atoms with Gasteiger partial charge in [0.05, 0.1) is 13.7 Å². The zero-order valence-corrected chi connectivity index (χ0v) is 21.2. The van der Waals surface area contributed by atoms with E-state index in [-0.39, 0.29) is 24.3 Å². The summed E-state index contributed by atoms with van der Waals surface area (Å²) in [6, 6.07) is 17.1. The Morgan fingerprint density at radius 1 is 1.16 bits per heavy atom. The summed E-state index contributed by atoms with van der Waals surface area (Å²) in [7, 11) is 1.63.